The first-order chi connectivity index (χ1) is 26.6. The second-order valence-corrected chi connectivity index (χ2v) is 16.1. The SMILES string of the molecule is CC(C)(C)c1cc(CCCCc2cc(C(C)(C)C)cc(-c3[c-]cc(F)cc3F)n2)nc(-c2[c-]cc(F)cc2F)c1.CN1[CH-]N(c2[c-]cccc2)c2ccccc21.[Ir]. The minimum absolute atomic E-state index is 0. The van der Waals surface area contributed by atoms with Crippen LogP contribution in [0.15, 0.2) is 97.1 Å². The van der Waals surface area contributed by atoms with Crippen molar-refractivity contribution in [2.24, 2.45) is 0 Å². The Morgan fingerprint density at radius 2 is 1.09 bits per heavy atom. The maximum Gasteiger partial charge on any atom is 0.0408 e. The number of benzene rings is 4. The Labute approximate surface area is 348 Å². The Morgan fingerprint density at radius 1 is 0.614 bits per heavy atom. The minimum atomic E-state index is -0.694. The molecule has 0 aliphatic carbocycles. The zero-order valence-electron chi connectivity index (χ0n) is 33.3. The summed E-state index contributed by atoms with van der Waals surface area (Å²) < 4.78 is 56.0. The fourth-order valence-electron chi connectivity index (χ4n) is 6.44. The van der Waals surface area contributed by atoms with Crippen LogP contribution in [0.25, 0.3) is 22.5 Å². The zero-order chi connectivity index (χ0) is 40.2. The van der Waals surface area contributed by atoms with Gasteiger partial charge in [-0.15, -0.1) is 30.0 Å². The van der Waals surface area contributed by atoms with Crippen molar-refractivity contribution in [3.05, 3.63) is 168 Å². The summed E-state index contributed by atoms with van der Waals surface area (Å²) in [7, 11) is 2.06. The number of hydrogen-bond donors (Lipinski definition) is 0. The third-order valence-corrected chi connectivity index (χ3v) is 9.59. The monoisotopic (exact) mass is 947 g/mol. The van der Waals surface area contributed by atoms with Crippen molar-refractivity contribution in [1.29, 1.82) is 0 Å². The summed E-state index contributed by atoms with van der Waals surface area (Å²) in [6, 6.07) is 36.7. The number of unbranched alkanes of at least 4 members (excludes halogenated alkanes) is 1. The summed E-state index contributed by atoms with van der Waals surface area (Å²) in [5.41, 5.74) is 7.92. The molecule has 0 amide bonds. The van der Waals surface area contributed by atoms with Gasteiger partial charge >= 0.3 is 0 Å². The van der Waals surface area contributed by atoms with E-state index < -0.39 is 23.3 Å². The van der Waals surface area contributed by atoms with Crippen LogP contribution in [0, 0.1) is 48.1 Å². The van der Waals surface area contributed by atoms with Gasteiger partial charge in [-0.1, -0.05) is 89.1 Å². The third kappa shape index (κ3) is 10.8. The number of hydrogen-bond acceptors (Lipinski definition) is 4. The zero-order valence-corrected chi connectivity index (χ0v) is 35.7. The van der Waals surface area contributed by atoms with E-state index in [-0.39, 0.29) is 42.1 Å². The molecule has 9 heteroatoms. The average Bonchev–Trinajstić information content (AvgIpc) is 3.49. The first-order valence-electron chi connectivity index (χ1n) is 18.8. The topological polar surface area (TPSA) is 32.3 Å². The van der Waals surface area contributed by atoms with E-state index in [1.54, 1.807) is 0 Å². The molecule has 1 radical (unpaired) electrons. The number of nitrogens with zero attached hydrogens (tertiary/aromatic N) is 4. The standard InChI is InChI=1S/C34H34F4N2.C14H12N2.Ir/c1-33(2,3)21-15-25(39-31(17-21)27-13-11-23(35)19-29(27)37)9-7-8-10-26-16-22(34(4,5)6)18-32(40-26)28-14-12-24(36)20-30(28)38;1-15-11-16(12-7-3-2-4-8-12)14-10-6-5-9-13(14)15;/h11-12,15-20H,7-10H2,1-6H3;2-7,9-11H,1H3;/q2*-2;. The minimum Gasteiger partial charge on any atom is -0.504 e. The molecular formula is C48H46F4IrN4-4. The Morgan fingerprint density at radius 3 is 1.53 bits per heavy atom. The summed E-state index contributed by atoms with van der Waals surface area (Å²) in [5, 5.41) is 0. The number of pyridine rings is 2. The smallest absolute Gasteiger partial charge is 0.0408 e. The molecular weight excluding hydrogens is 901 g/mol. The van der Waals surface area contributed by atoms with Crippen molar-refractivity contribution in [3.8, 4) is 22.5 Å². The van der Waals surface area contributed by atoms with Gasteiger partial charge in [0.15, 0.2) is 0 Å². The molecule has 0 spiro atoms. The molecule has 2 aromatic heterocycles. The predicted octanol–water partition coefficient (Wildman–Crippen LogP) is 12.3. The maximum absolute atomic E-state index is 14.5. The summed E-state index contributed by atoms with van der Waals surface area (Å²) in [6.45, 7) is 14.5. The van der Waals surface area contributed by atoms with Gasteiger partial charge in [-0.25, -0.2) is 0 Å². The molecule has 299 valence electrons. The van der Waals surface area contributed by atoms with Crippen LogP contribution in [0.1, 0.15) is 76.9 Å². The summed E-state index contributed by atoms with van der Waals surface area (Å²) in [4.78, 5) is 13.6. The summed E-state index contributed by atoms with van der Waals surface area (Å²) in [5.74, 6) is -2.75. The number of fused-ring (bicyclic) bond motifs is 1. The molecule has 0 atom stereocenters. The molecule has 7 rings (SSSR count). The molecule has 0 bridgehead atoms. The van der Waals surface area contributed by atoms with E-state index >= 15 is 0 Å². The van der Waals surface area contributed by atoms with Crippen LogP contribution < -0.4 is 9.80 Å². The molecule has 1 aliphatic rings. The number of rotatable bonds is 8. The van der Waals surface area contributed by atoms with Crippen molar-refractivity contribution in [1.82, 2.24) is 9.97 Å². The predicted molar refractivity (Wildman–Crippen MR) is 217 cm³/mol. The summed E-state index contributed by atoms with van der Waals surface area (Å²) >= 11 is 0. The van der Waals surface area contributed by atoms with Crippen LogP contribution in [0.5, 0.6) is 0 Å². The van der Waals surface area contributed by atoms with E-state index in [9.17, 15) is 17.6 Å². The van der Waals surface area contributed by atoms with Gasteiger partial charge in [0.05, 0.1) is 0 Å². The molecule has 4 aromatic carbocycles. The normalized spacial score (nSPS) is 12.5. The molecule has 0 saturated carbocycles. The Balaban J connectivity index is 0.000000302. The number of halogens is 4. The maximum atomic E-state index is 14.5. The van der Waals surface area contributed by atoms with Gasteiger partial charge in [0.1, 0.15) is 0 Å². The van der Waals surface area contributed by atoms with E-state index in [4.69, 9.17) is 0 Å². The first-order valence-corrected chi connectivity index (χ1v) is 18.8. The van der Waals surface area contributed by atoms with Gasteiger partial charge < -0.3 is 19.8 Å². The molecule has 0 saturated heterocycles. The van der Waals surface area contributed by atoms with Crippen LogP contribution in [0.3, 0.4) is 0 Å². The molecule has 0 N–H and O–H groups in total. The third-order valence-electron chi connectivity index (χ3n) is 9.59. The van der Waals surface area contributed by atoms with E-state index in [0.717, 1.165) is 65.3 Å². The van der Waals surface area contributed by atoms with Gasteiger partial charge in [0, 0.05) is 66.1 Å². The molecule has 0 fully saturated rings. The van der Waals surface area contributed by atoms with Gasteiger partial charge in [0.25, 0.3) is 0 Å². The van der Waals surface area contributed by atoms with E-state index in [1.165, 1.54) is 11.4 Å². The first kappa shape index (κ1) is 43.3. The molecule has 57 heavy (non-hydrogen) atoms. The Kier molecular flexibility index (Phi) is 13.8. The number of aryl methyl sites for hydroxylation is 2. The van der Waals surface area contributed by atoms with Gasteiger partial charge in [0.2, 0.25) is 0 Å². The van der Waals surface area contributed by atoms with Crippen LogP contribution >= 0.6 is 0 Å². The molecule has 4 nitrogen and oxygen atoms in total. The van der Waals surface area contributed by atoms with Crippen molar-refractivity contribution < 1.29 is 37.7 Å². The fraction of sp³-hybridized carbons (Fsp3) is 0.271. The second kappa shape index (κ2) is 18.2. The molecule has 1 aliphatic heterocycles. The van der Waals surface area contributed by atoms with Gasteiger partial charge in [-0.05, 0) is 90.3 Å². The Bertz CT molecular complexity index is 2190. The molecule has 3 heterocycles. The van der Waals surface area contributed by atoms with E-state index in [0.29, 0.717) is 24.2 Å². The van der Waals surface area contributed by atoms with Crippen LogP contribution in [-0.2, 0) is 43.8 Å². The van der Waals surface area contributed by atoms with Crippen molar-refractivity contribution in [2.45, 2.75) is 78.1 Å². The summed E-state index contributed by atoms with van der Waals surface area (Å²) in [6.07, 6.45) is 2.91. The quantitative estimate of drug-likeness (QED) is 0.0865. The molecule has 0 unspecified atom stereocenters. The second-order valence-electron chi connectivity index (χ2n) is 16.1. The van der Waals surface area contributed by atoms with Crippen molar-refractivity contribution in [2.75, 3.05) is 16.8 Å². The van der Waals surface area contributed by atoms with Gasteiger partial charge in [-0.3, -0.25) is 17.6 Å². The largest absolute Gasteiger partial charge is 0.504 e. The van der Waals surface area contributed by atoms with E-state index in [2.05, 4.69) is 124 Å². The van der Waals surface area contributed by atoms with Crippen LogP contribution in [-0.4, -0.2) is 17.0 Å². The molecule has 6 aromatic rings. The number of para-hydroxylation sites is 3. The van der Waals surface area contributed by atoms with Crippen molar-refractivity contribution in [3.63, 3.8) is 0 Å². The number of anilines is 3. The Hall–Kier alpha value is -4.85. The van der Waals surface area contributed by atoms with E-state index in [1.807, 2.05) is 42.5 Å². The van der Waals surface area contributed by atoms with Crippen LogP contribution in [0.2, 0.25) is 0 Å². The van der Waals surface area contributed by atoms with Crippen LogP contribution in [0.4, 0.5) is 34.6 Å². The fourth-order valence-corrected chi connectivity index (χ4v) is 6.44. The van der Waals surface area contributed by atoms with Crippen molar-refractivity contribution >= 4 is 17.1 Å². The van der Waals surface area contributed by atoms with Gasteiger partial charge in [-0.2, -0.15) is 37.0 Å². The average molecular weight is 947 g/mol. The number of aromatic nitrogens is 2.